The van der Waals surface area contributed by atoms with Gasteiger partial charge in [0.15, 0.2) is 6.10 Å². The Bertz CT molecular complexity index is 812. The maximum absolute atomic E-state index is 14.5. The number of para-hydroxylation sites is 1. The third kappa shape index (κ3) is 3.96. The standard InChI is InChI=1S/C20H23FN2O2S/c1-12-10-15(16(21)11-17(12)23-26-3)13(2)22-20(24)19-9-8-14-6-4-5-7-18(14)25-19/h4-7,10-11,13,19,23H,8-9H2,1-3H3,(H,22,24). The third-order valence-corrected chi connectivity index (χ3v) is 5.02. The molecule has 2 atom stereocenters. The van der Waals surface area contributed by atoms with E-state index in [1.54, 1.807) is 13.0 Å². The van der Waals surface area contributed by atoms with Crippen LogP contribution in [-0.4, -0.2) is 18.3 Å². The van der Waals surface area contributed by atoms with Crippen molar-refractivity contribution >= 4 is 23.5 Å². The highest BCUT2D eigenvalue weighted by Gasteiger charge is 2.27. The number of rotatable bonds is 5. The number of hydrogen-bond acceptors (Lipinski definition) is 4. The molecular weight excluding hydrogens is 351 g/mol. The number of benzene rings is 2. The summed E-state index contributed by atoms with van der Waals surface area (Å²) in [6, 6.07) is 10.5. The predicted octanol–water partition coefficient (Wildman–Crippen LogP) is 4.40. The van der Waals surface area contributed by atoms with Crippen molar-refractivity contribution in [3.8, 4) is 5.75 Å². The molecule has 0 bridgehead atoms. The van der Waals surface area contributed by atoms with Gasteiger partial charge in [0.25, 0.3) is 5.91 Å². The number of anilines is 1. The molecule has 1 aliphatic rings. The number of amides is 1. The van der Waals surface area contributed by atoms with E-state index in [-0.39, 0.29) is 11.7 Å². The molecule has 138 valence electrons. The van der Waals surface area contributed by atoms with Crippen LogP contribution in [0.15, 0.2) is 36.4 Å². The Hall–Kier alpha value is -2.21. The van der Waals surface area contributed by atoms with Crippen molar-refractivity contribution in [2.45, 2.75) is 38.8 Å². The largest absolute Gasteiger partial charge is 0.480 e. The molecule has 0 fully saturated rings. The van der Waals surface area contributed by atoms with Gasteiger partial charge < -0.3 is 14.8 Å². The average Bonchev–Trinajstić information content (AvgIpc) is 2.64. The van der Waals surface area contributed by atoms with Crippen LogP contribution in [0.4, 0.5) is 10.1 Å². The molecule has 4 nitrogen and oxygen atoms in total. The molecular formula is C20H23FN2O2S. The molecule has 1 heterocycles. The smallest absolute Gasteiger partial charge is 0.261 e. The van der Waals surface area contributed by atoms with Gasteiger partial charge in [-0.3, -0.25) is 4.79 Å². The van der Waals surface area contributed by atoms with Gasteiger partial charge >= 0.3 is 0 Å². The van der Waals surface area contributed by atoms with E-state index in [2.05, 4.69) is 10.0 Å². The molecule has 0 saturated carbocycles. The molecule has 0 aliphatic carbocycles. The van der Waals surface area contributed by atoms with Gasteiger partial charge in [-0.15, -0.1) is 0 Å². The minimum Gasteiger partial charge on any atom is -0.480 e. The Balaban J connectivity index is 1.69. The highest BCUT2D eigenvalue weighted by atomic mass is 32.2. The maximum Gasteiger partial charge on any atom is 0.261 e. The van der Waals surface area contributed by atoms with E-state index in [1.165, 1.54) is 18.0 Å². The van der Waals surface area contributed by atoms with Crippen molar-refractivity contribution in [1.29, 1.82) is 0 Å². The fraction of sp³-hybridized carbons (Fsp3) is 0.350. The normalized spacial score (nSPS) is 17.0. The minimum atomic E-state index is -0.547. The second-order valence-electron chi connectivity index (χ2n) is 6.48. The summed E-state index contributed by atoms with van der Waals surface area (Å²) in [5, 5.41) is 2.89. The SMILES string of the molecule is CSNc1cc(F)c(C(C)NC(=O)C2CCc3ccccc3O2)cc1C. The van der Waals surface area contributed by atoms with Crippen molar-refractivity contribution < 1.29 is 13.9 Å². The Kier molecular flexibility index (Phi) is 5.71. The first kappa shape index (κ1) is 18.6. The van der Waals surface area contributed by atoms with Crippen LogP contribution < -0.4 is 14.8 Å². The molecule has 1 amide bonds. The van der Waals surface area contributed by atoms with Gasteiger partial charge in [0.1, 0.15) is 11.6 Å². The Morgan fingerprint density at radius 3 is 2.88 bits per heavy atom. The number of fused-ring (bicyclic) bond motifs is 1. The molecule has 0 radical (unpaired) electrons. The Morgan fingerprint density at radius 1 is 1.35 bits per heavy atom. The highest BCUT2D eigenvalue weighted by Crippen LogP contribution is 2.29. The number of nitrogens with one attached hydrogen (secondary N) is 2. The van der Waals surface area contributed by atoms with E-state index in [4.69, 9.17) is 4.74 Å². The molecule has 0 spiro atoms. The zero-order valence-corrected chi connectivity index (χ0v) is 16.0. The molecule has 26 heavy (non-hydrogen) atoms. The number of ether oxygens (including phenoxy) is 1. The minimum absolute atomic E-state index is 0.213. The molecule has 1 aliphatic heterocycles. The van der Waals surface area contributed by atoms with E-state index in [9.17, 15) is 9.18 Å². The number of carbonyl (C=O) groups is 1. The number of carbonyl (C=O) groups excluding carboxylic acids is 1. The number of aryl methyl sites for hydroxylation is 2. The van der Waals surface area contributed by atoms with Crippen molar-refractivity contribution in [1.82, 2.24) is 5.32 Å². The molecule has 2 aromatic rings. The van der Waals surface area contributed by atoms with Gasteiger partial charge in [0.2, 0.25) is 0 Å². The van der Waals surface area contributed by atoms with Crippen LogP contribution in [-0.2, 0) is 11.2 Å². The van der Waals surface area contributed by atoms with Crippen LogP contribution in [0.2, 0.25) is 0 Å². The quantitative estimate of drug-likeness (QED) is 0.762. The summed E-state index contributed by atoms with van der Waals surface area (Å²) in [4.78, 5) is 12.6. The van der Waals surface area contributed by atoms with Gasteiger partial charge in [0, 0.05) is 17.5 Å². The zero-order chi connectivity index (χ0) is 18.7. The number of halogens is 1. The summed E-state index contributed by atoms with van der Waals surface area (Å²) in [5.41, 5.74) is 3.26. The molecule has 2 unspecified atom stereocenters. The summed E-state index contributed by atoms with van der Waals surface area (Å²) in [6.07, 6.45) is 2.75. The topological polar surface area (TPSA) is 50.4 Å². The van der Waals surface area contributed by atoms with Gasteiger partial charge in [-0.2, -0.15) is 0 Å². The highest BCUT2D eigenvalue weighted by molar-refractivity contribution is 7.99. The summed E-state index contributed by atoms with van der Waals surface area (Å²) in [7, 11) is 0. The van der Waals surface area contributed by atoms with Crippen LogP contribution in [0.5, 0.6) is 5.75 Å². The van der Waals surface area contributed by atoms with Crippen LogP contribution in [0.25, 0.3) is 0 Å². The van der Waals surface area contributed by atoms with Crippen LogP contribution in [0.3, 0.4) is 0 Å². The lowest BCUT2D eigenvalue weighted by Crippen LogP contribution is -2.41. The lowest BCUT2D eigenvalue weighted by atomic mass is 10.0. The lowest BCUT2D eigenvalue weighted by Gasteiger charge is -2.27. The Morgan fingerprint density at radius 2 is 2.12 bits per heavy atom. The van der Waals surface area contributed by atoms with E-state index >= 15 is 0 Å². The zero-order valence-electron chi connectivity index (χ0n) is 15.1. The van der Waals surface area contributed by atoms with E-state index in [0.717, 1.165) is 29.0 Å². The second-order valence-corrected chi connectivity index (χ2v) is 7.09. The van der Waals surface area contributed by atoms with Crippen LogP contribution in [0, 0.1) is 12.7 Å². The van der Waals surface area contributed by atoms with Crippen molar-refractivity contribution in [2.75, 3.05) is 11.0 Å². The molecule has 2 aromatic carbocycles. The first-order valence-electron chi connectivity index (χ1n) is 8.63. The van der Waals surface area contributed by atoms with Crippen molar-refractivity contribution in [3.63, 3.8) is 0 Å². The van der Waals surface area contributed by atoms with Gasteiger partial charge in [0.05, 0.1) is 6.04 Å². The van der Waals surface area contributed by atoms with Gasteiger partial charge in [-0.05, 0) is 56.0 Å². The van der Waals surface area contributed by atoms with Crippen LogP contribution >= 0.6 is 11.9 Å². The predicted molar refractivity (Wildman–Crippen MR) is 104 cm³/mol. The fourth-order valence-electron chi connectivity index (χ4n) is 3.15. The number of hydrogen-bond donors (Lipinski definition) is 2. The van der Waals surface area contributed by atoms with Crippen molar-refractivity contribution in [3.05, 3.63) is 58.9 Å². The maximum atomic E-state index is 14.5. The second kappa shape index (κ2) is 7.99. The molecule has 6 heteroatoms. The summed E-state index contributed by atoms with van der Waals surface area (Å²) in [5.74, 6) is 0.200. The first-order valence-corrected chi connectivity index (χ1v) is 9.86. The monoisotopic (exact) mass is 374 g/mol. The Labute approximate surface area is 157 Å². The fourth-order valence-corrected chi connectivity index (χ4v) is 3.59. The summed E-state index contributed by atoms with van der Waals surface area (Å²) >= 11 is 1.41. The average molecular weight is 374 g/mol. The van der Waals surface area contributed by atoms with E-state index in [0.29, 0.717) is 12.0 Å². The molecule has 0 aromatic heterocycles. The molecule has 3 rings (SSSR count). The molecule has 0 saturated heterocycles. The molecule has 2 N–H and O–H groups in total. The van der Waals surface area contributed by atoms with Gasteiger partial charge in [-0.1, -0.05) is 30.1 Å². The van der Waals surface area contributed by atoms with E-state index in [1.807, 2.05) is 37.4 Å². The third-order valence-electron chi connectivity index (χ3n) is 4.59. The van der Waals surface area contributed by atoms with Crippen molar-refractivity contribution in [2.24, 2.45) is 0 Å². The lowest BCUT2D eigenvalue weighted by molar-refractivity contribution is -0.129. The first-order chi connectivity index (χ1) is 12.5. The van der Waals surface area contributed by atoms with E-state index < -0.39 is 12.1 Å². The summed E-state index contributed by atoms with van der Waals surface area (Å²) in [6.45, 7) is 3.70. The van der Waals surface area contributed by atoms with Gasteiger partial charge in [-0.25, -0.2) is 4.39 Å². The summed E-state index contributed by atoms with van der Waals surface area (Å²) < 4.78 is 23.3. The van der Waals surface area contributed by atoms with Crippen LogP contribution in [0.1, 0.15) is 36.1 Å².